The van der Waals surface area contributed by atoms with E-state index in [2.05, 4.69) is 4.99 Å². The Morgan fingerprint density at radius 3 is 3.17 bits per heavy atom. The molecule has 0 atom stereocenters. The highest BCUT2D eigenvalue weighted by Crippen LogP contribution is 2.12. The molecule has 1 aromatic heterocycles. The fourth-order valence-corrected chi connectivity index (χ4v) is 2.98. The monoisotopic (exact) mass is 260 g/mol. The average Bonchev–Trinajstić information content (AvgIpc) is 2.95. The highest BCUT2D eigenvalue weighted by atomic mass is 32.1. The summed E-state index contributed by atoms with van der Waals surface area (Å²) in [6.45, 7) is 1.43. The second kappa shape index (κ2) is 4.42. The third-order valence-electron chi connectivity index (χ3n) is 2.85. The Morgan fingerprint density at radius 1 is 1.50 bits per heavy atom. The predicted molar refractivity (Wildman–Crippen MR) is 70.8 cm³/mol. The summed E-state index contributed by atoms with van der Waals surface area (Å²) in [6.07, 6.45) is 1.89. The first-order valence-electron chi connectivity index (χ1n) is 5.68. The quantitative estimate of drug-likeness (QED) is 0.783. The Bertz CT molecular complexity index is 758. The van der Waals surface area contributed by atoms with Gasteiger partial charge in [-0.1, -0.05) is 23.5 Å². The van der Waals surface area contributed by atoms with Crippen molar-refractivity contribution in [1.29, 1.82) is 0 Å². The Morgan fingerprint density at radius 2 is 2.39 bits per heavy atom. The van der Waals surface area contributed by atoms with E-state index in [4.69, 9.17) is 4.74 Å². The van der Waals surface area contributed by atoms with Crippen LogP contribution in [0.4, 0.5) is 0 Å². The standard InChI is InChI=1S/C13H12N2O2S/c1-17-10-4-2-3-9(7-10)8-11-12(16)15-6-5-14-13(15)18-11/h2-4,7-8H,5-6H2,1H3/b11-8-. The molecule has 1 aromatic carbocycles. The maximum Gasteiger partial charge on any atom is 0.270 e. The molecule has 0 radical (unpaired) electrons. The maximum absolute atomic E-state index is 12.1. The van der Waals surface area contributed by atoms with Crippen LogP contribution in [0.15, 0.2) is 34.1 Å². The fraction of sp³-hybridized carbons (Fsp3) is 0.231. The number of fused-ring (bicyclic) bond motifs is 1. The van der Waals surface area contributed by atoms with Gasteiger partial charge in [0.05, 0.1) is 18.2 Å². The van der Waals surface area contributed by atoms with Crippen molar-refractivity contribution in [3.05, 3.63) is 49.5 Å². The van der Waals surface area contributed by atoms with Crippen molar-refractivity contribution >= 4 is 17.4 Å². The van der Waals surface area contributed by atoms with Gasteiger partial charge in [0.15, 0.2) is 4.80 Å². The highest BCUT2D eigenvalue weighted by molar-refractivity contribution is 7.07. The Kier molecular flexibility index (Phi) is 2.76. The Balaban J connectivity index is 2.14. The smallest absolute Gasteiger partial charge is 0.270 e. The van der Waals surface area contributed by atoms with Crippen molar-refractivity contribution in [3.63, 3.8) is 0 Å². The van der Waals surface area contributed by atoms with E-state index in [1.807, 2.05) is 30.3 Å². The van der Waals surface area contributed by atoms with E-state index in [0.717, 1.165) is 27.2 Å². The van der Waals surface area contributed by atoms with Crippen LogP contribution in [0.3, 0.4) is 0 Å². The lowest BCUT2D eigenvalue weighted by Gasteiger charge is -1.99. The summed E-state index contributed by atoms with van der Waals surface area (Å²) in [7, 11) is 1.63. The van der Waals surface area contributed by atoms with Crippen LogP contribution in [0.25, 0.3) is 6.08 Å². The molecule has 0 saturated heterocycles. The van der Waals surface area contributed by atoms with Gasteiger partial charge in [-0.15, -0.1) is 0 Å². The van der Waals surface area contributed by atoms with Crippen LogP contribution in [0.5, 0.6) is 5.75 Å². The van der Waals surface area contributed by atoms with Gasteiger partial charge in [0.1, 0.15) is 5.75 Å². The molecule has 3 rings (SSSR count). The van der Waals surface area contributed by atoms with Crippen LogP contribution in [-0.4, -0.2) is 18.2 Å². The van der Waals surface area contributed by atoms with E-state index >= 15 is 0 Å². The number of nitrogens with zero attached hydrogens (tertiary/aromatic N) is 2. The van der Waals surface area contributed by atoms with Crippen LogP contribution in [0.2, 0.25) is 0 Å². The SMILES string of the molecule is COc1cccc(/C=c2\sc3n(c2=O)CCN=3)c1. The van der Waals surface area contributed by atoms with Gasteiger partial charge in [0.2, 0.25) is 0 Å². The molecule has 2 heterocycles. The average molecular weight is 260 g/mol. The first-order valence-corrected chi connectivity index (χ1v) is 6.49. The number of ether oxygens (including phenoxy) is 1. The summed E-state index contributed by atoms with van der Waals surface area (Å²) < 4.78 is 7.62. The van der Waals surface area contributed by atoms with Gasteiger partial charge >= 0.3 is 0 Å². The third kappa shape index (κ3) is 1.86. The van der Waals surface area contributed by atoms with Crippen molar-refractivity contribution in [3.8, 4) is 5.75 Å². The van der Waals surface area contributed by atoms with Crippen molar-refractivity contribution in [2.75, 3.05) is 13.7 Å². The number of rotatable bonds is 2. The number of thiazole rings is 1. The van der Waals surface area contributed by atoms with Crippen LogP contribution in [0, 0.1) is 0 Å². The minimum atomic E-state index is 0.0547. The number of benzene rings is 1. The molecule has 92 valence electrons. The van der Waals surface area contributed by atoms with Crippen molar-refractivity contribution in [2.45, 2.75) is 6.54 Å². The Labute approximate surface area is 107 Å². The minimum absolute atomic E-state index is 0.0547. The van der Waals surface area contributed by atoms with E-state index in [-0.39, 0.29) is 5.56 Å². The van der Waals surface area contributed by atoms with Gasteiger partial charge in [-0.2, -0.15) is 0 Å². The van der Waals surface area contributed by atoms with E-state index in [0.29, 0.717) is 6.54 Å². The minimum Gasteiger partial charge on any atom is -0.497 e. The van der Waals surface area contributed by atoms with Gasteiger partial charge in [-0.3, -0.25) is 14.4 Å². The lowest BCUT2D eigenvalue weighted by atomic mass is 10.2. The van der Waals surface area contributed by atoms with Crippen LogP contribution < -0.4 is 19.6 Å². The number of methoxy groups -OCH3 is 1. The van der Waals surface area contributed by atoms with E-state index in [1.54, 1.807) is 11.7 Å². The first kappa shape index (κ1) is 11.2. The van der Waals surface area contributed by atoms with Crippen LogP contribution >= 0.6 is 11.3 Å². The number of aromatic nitrogens is 1. The summed E-state index contributed by atoms with van der Waals surface area (Å²) in [5, 5.41) is 0. The molecule has 5 heteroatoms. The molecule has 0 amide bonds. The normalized spacial score (nSPS) is 14.4. The molecule has 0 N–H and O–H groups in total. The maximum atomic E-state index is 12.1. The molecule has 0 aliphatic carbocycles. The van der Waals surface area contributed by atoms with E-state index in [9.17, 15) is 4.79 Å². The molecular weight excluding hydrogens is 248 g/mol. The zero-order valence-corrected chi connectivity index (χ0v) is 10.7. The van der Waals surface area contributed by atoms with Gasteiger partial charge < -0.3 is 4.74 Å². The molecule has 1 aliphatic rings. The number of hydrogen-bond donors (Lipinski definition) is 0. The van der Waals surface area contributed by atoms with E-state index < -0.39 is 0 Å². The zero-order valence-electron chi connectivity index (χ0n) is 9.92. The summed E-state index contributed by atoms with van der Waals surface area (Å²) in [5.74, 6) is 0.789. The Hall–Kier alpha value is -1.88. The largest absolute Gasteiger partial charge is 0.497 e. The summed E-state index contributed by atoms with van der Waals surface area (Å²) in [6, 6.07) is 7.66. The van der Waals surface area contributed by atoms with Gasteiger partial charge in [0, 0.05) is 6.54 Å². The van der Waals surface area contributed by atoms with Crippen molar-refractivity contribution in [2.24, 2.45) is 4.99 Å². The molecule has 18 heavy (non-hydrogen) atoms. The van der Waals surface area contributed by atoms with Gasteiger partial charge in [0.25, 0.3) is 5.56 Å². The molecule has 1 aliphatic heterocycles. The topological polar surface area (TPSA) is 43.6 Å². The predicted octanol–water partition coefficient (Wildman–Crippen LogP) is 0.380. The molecule has 0 saturated carbocycles. The molecule has 0 unspecified atom stereocenters. The van der Waals surface area contributed by atoms with Crippen LogP contribution in [0.1, 0.15) is 5.56 Å². The highest BCUT2D eigenvalue weighted by Gasteiger charge is 2.09. The van der Waals surface area contributed by atoms with Gasteiger partial charge in [-0.25, -0.2) is 0 Å². The molecule has 0 bridgehead atoms. The second-order valence-corrected chi connectivity index (χ2v) is 5.02. The third-order valence-corrected chi connectivity index (χ3v) is 3.89. The zero-order chi connectivity index (χ0) is 12.5. The second-order valence-electron chi connectivity index (χ2n) is 4.01. The molecule has 2 aromatic rings. The molecule has 4 nitrogen and oxygen atoms in total. The first-order chi connectivity index (χ1) is 8.78. The summed E-state index contributed by atoms with van der Waals surface area (Å²) in [4.78, 5) is 17.2. The lowest BCUT2D eigenvalue weighted by molar-refractivity contribution is 0.414. The van der Waals surface area contributed by atoms with Gasteiger partial charge in [-0.05, 0) is 23.8 Å². The fourth-order valence-electron chi connectivity index (χ4n) is 1.95. The summed E-state index contributed by atoms with van der Waals surface area (Å²) >= 11 is 1.44. The summed E-state index contributed by atoms with van der Waals surface area (Å²) in [5.41, 5.74) is 1.02. The van der Waals surface area contributed by atoms with Crippen LogP contribution in [-0.2, 0) is 6.54 Å². The molecule has 0 spiro atoms. The number of hydrogen-bond acceptors (Lipinski definition) is 4. The lowest BCUT2D eigenvalue weighted by Crippen LogP contribution is -2.29. The molecular formula is C13H12N2O2S. The van der Waals surface area contributed by atoms with E-state index in [1.165, 1.54) is 11.3 Å². The van der Waals surface area contributed by atoms with Crippen molar-refractivity contribution in [1.82, 2.24) is 4.57 Å². The van der Waals surface area contributed by atoms with Crippen molar-refractivity contribution < 1.29 is 4.74 Å². The molecule has 0 fully saturated rings.